The summed E-state index contributed by atoms with van der Waals surface area (Å²) >= 11 is 0. The fourth-order valence-corrected chi connectivity index (χ4v) is 7.13. The number of aromatic nitrogens is 2. The van der Waals surface area contributed by atoms with Crippen LogP contribution in [-0.4, -0.2) is 9.13 Å². The predicted octanol–water partition coefficient (Wildman–Crippen LogP) is 11.1. The highest BCUT2D eigenvalue weighted by Crippen LogP contribution is 2.39. The molecule has 214 valence electrons. The molecule has 0 aliphatic heterocycles. The maximum absolute atomic E-state index is 9.72. The minimum atomic E-state index is 0.647. The van der Waals surface area contributed by atoms with Crippen LogP contribution in [0.25, 0.3) is 77.2 Å². The first-order chi connectivity index (χ1) is 22.8. The van der Waals surface area contributed by atoms with Gasteiger partial charge in [-0.1, -0.05) is 103 Å². The van der Waals surface area contributed by atoms with E-state index in [1.54, 1.807) is 0 Å². The van der Waals surface area contributed by atoms with Crippen molar-refractivity contribution in [1.82, 2.24) is 9.13 Å². The molecule has 46 heavy (non-hydrogen) atoms. The van der Waals surface area contributed by atoms with Crippen molar-refractivity contribution in [3.63, 3.8) is 0 Å². The molecule has 3 heteroatoms. The SMILES string of the molecule is N#Cc1cccc(-c2ccc(-n3c4ccccc4c4ccccc43)cc2-c2cccc(-n3c4ccccc4c4ccccc43)c2)c1. The van der Waals surface area contributed by atoms with Gasteiger partial charge in [0.05, 0.1) is 33.7 Å². The average Bonchev–Trinajstić information content (AvgIpc) is 3.65. The van der Waals surface area contributed by atoms with Gasteiger partial charge in [0.2, 0.25) is 0 Å². The fourth-order valence-electron chi connectivity index (χ4n) is 7.13. The van der Waals surface area contributed by atoms with Crippen LogP contribution in [0.3, 0.4) is 0 Å². The third-order valence-corrected chi connectivity index (χ3v) is 9.14. The topological polar surface area (TPSA) is 33.6 Å². The van der Waals surface area contributed by atoms with Gasteiger partial charge in [0, 0.05) is 32.9 Å². The molecule has 0 radical (unpaired) electrons. The van der Waals surface area contributed by atoms with Crippen molar-refractivity contribution in [2.24, 2.45) is 0 Å². The molecule has 0 N–H and O–H groups in total. The summed E-state index contributed by atoms with van der Waals surface area (Å²) in [5.74, 6) is 0. The number of nitrogens with zero attached hydrogens (tertiary/aromatic N) is 3. The van der Waals surface area contributed by atoms with Crippen molar-refractivity contribution in [2.75, 3.05) is 0 Å². The van der Waals surface area contributed by atoms with Gasteiger partial charge in [0.1, 0.15) is 0 Å². The van der Waals surface area contributed by atoms with E-state index in [1.165, 1.54) is 43.6 Å². The first-order valence-corrected chi connectivity index (χ1v) is 15.5. The Balaban J connectivity index is 1.31. The Bertz CT molecular complexity index is 2560. The van der Waals surface area contributed by atoms with Crippen LogP contribution < -0.4 is 0 Å². The van der Waals surface area contributed by atoms with Crippen LogP contribution in [0.2, 0.25) is 0 Å². The van der Waals surface area contributed by atoms with Crippen LogP contribution in [0, 0.1) is 11.3 Å². The summed E-state index contributed by atoms with van der Waals surface area (Å²) in [7, 11) is 0. The van der Waals surface area contributed by atoms with Crippen molar-refractivity contribution >= 4 is 43.6 Å². The van der Waals surface area contributed by atoms with Crippen molar-refractivity contribution < 1.29 is 0 Å². The predicted molar refractivity (Wildman–Crippen MR) is 191 cm³/mol. The number of para-hydroxylation sites is 4. The van der Waals surface area contributed by atoms with Crippen LogP contribution in [0.4, 0.5) is 0 Å². The van der Waals surface area contributed by atoms with Crippen molar-refractivity contribution in [1.29, 1.82) is 5.26 Å². The van der Waals surface area contributed by atoms with E-state index in [0.717, 1.165) is 33.6 Å². The first kappa shape index (κ1) is 26.1. The molecular formula is C43H27N3. The van der Waals surface area contributed by atoms with E-state index in [4.69, 9.17) is 0 Å². The smallest absolute Gasteiger partial charge is 0.0991 e. The number of hydrogen-bond acceptors (Lipinski definition) is 1. The lowest BCUT2D eigenvalue weighted by molar-refractivity contribution is 1.17. The molecule has 0 aliphatic rings. The molecule has 9 rings (SSSR count). The van der Waals surface area contributed by atoms with Crippen LogP contribution >= 0.6 is 0 Å². The summed E-state index contributed by atoms with van der Waals surface area (Å²) in [4.78, 5) is 0. The molecule has 0 fully saturated rings. The Kier molecular flexibility index (Phi) is 5.88. The summed E-state index contributed by atoms with van der Waals surface area (Å²) < 4.78 is 4.72. The average molecular weight is 586 g/mol. The molecule has 2 heterocycles. The molecule has 0 saturated heterocycles. The van der Waals surface area contributed by atoms with E-state index >= 15 is 0 Å². The summed E-state index contributed by atoms with van der Waals surface area (Å²) in [6.45, 7) is 0. The van der Waals surface area contributed by atoms with Crippen LogP contribution in [-0.2, 0) is 0 Å². The van der Waals surface area contributed by atoms with E-state index in [1.807, 2.05) is 18.2 Å². The van der Waals surface area contributed by atoms with E-state index in [-0.39, 0.29) is 0 Å². The Labute approximate surface area is 266 Å². The summed E-state index contributed by atoms with van der Waals surface area (Å²) in [5.41, 5.74) is 11.9. The van der Waals surface area contributed by atoms with E-state index in [2.05, 4.69) is 161 Å². The number of fused-ring (bicyclic) bond motifs is 6. The fraction of sp³-hybridized carbons (Fsp3) is 0. The molecule has 7 aromatic carbocycles. The van der Waals surface area contributed by atoms with Gasteiger partial charge in [-0.05, 0) is 82.9 Å². The minimum Gasteiger partial charge on any atom is -0.309 e. The highest BCUT2D eigenvalue weighted by Gasteiger charge is 2.17. The quantitative estimate of drug-likeness (QED) is 0.202. The Morgan fingerprint density at radius 3 is 1.35 bits per heavy atom. The Morgan fingerprint density at radius 2 is 0.826 bits per heavy atom. The van der Waals surface area contributed by atoms with Gasteiger partial charge < -0.3 is 9.13 Å². The van der Waals surface area contributed by atoms with Gasteiger partial charge in [-0.2, -0.15) is 5.26 Å². The maximum Gasteiger partial charge on any atom is 0.0991 e. The largest absolute Gasteiger partial charge is 0.309 e. The molecule has 0 bridgehead atoms. The number of hydrogen-bond donors (Lipinski definition) is 0. The highest BCUT2D eigenvalue weighted by atomic mass is 15.0. The van der Waals surface area contributed by atoms with Gasteiger partial charge in [-0.15, -0.1) is 0 Å². The summed E-state index contributed by atoms with van der Waals surface area (Å²) in [6, 6.07) is 60.2. The second kappa shape index (κ2) is 10.4. The molecule has 0 saturated carbocycles. The molecule has 0 unspecified atom stereocenters. The van der Waals surface area contributed by atoms with Gasteiger partial charge in [0.15, 0.2) is 0 Å². The normalized spacial score (nSPS) is 11.5. The van der Waals surface area contributed by atoms with E-state index in [0.29, 0.717) is 5.56 Å². The van der Waals surface area contributed by atoms with Crippen LogP contribution in [0.15, 0.2) is 164 Å². The molecule has 0 amide bonds. The van der Waals surface area contributed by atoms with Gasteiger partial charge in [-0.3, -0.25) is 0 Å². The second-order valence-corrected chi connectivity index (χ2v) is 11.7. The minimum absolute atomic E-state index is 0.647. The standard InChI is InChI=1S/C43H27N3/c44-28-29-11-9-12-30(25-29)34-24-23-33(46-42-21-7-3-17-37(42)38-18-4-8-22-43(38)46)27-39(34)31-13-10-14-32(26-31)45-40-19-5-1-15-35(40)36-16-2-6-20-41(36)45/h1-27H. The lowest BCUT2D eigenvalue weighted by atomic mass is 9.93. The zero-order valence-corrected chi connectivity index (χ0v) is 24.9. The molecular weight excluding hydrogens is 558 g/mol. The highest BCUT2D eigenvalue weighted by molar-refractivity contribution is 6.10. The number of benzene rings is 7. The molecule has 2 aromatic heterocycles. The molecule has 0 atom stereocenters. The van der Waals surface area contributed by atoms with Crippen molar-refractivity contribution in [3.8, 4) is 39.7 Å². The van der Waals surface area contributed by atoms with Gasteiger partial charge >= 0.3 is 0 Å². The third-order valence-electron chi connectivity index (χ3n) is 9.14. The lowest BCUT2D eigenvalue weighted by Gasteiger charge is -2.16. The summed E-state index contributed by atoms with van der Waals surface area (Å²) in [5, 5.41) is 14.7. The van der Waals surface area contributed by atoms with E-state index in [9.17, 15) is 5.26 Å². The van der Waals surface area contributed by atoms with Crippen LogP contribution in [0.5, 0.6) is 0 Å². The molecule has 0 spiro atoms. The maximum atomic E-state index is 9.72. The van der Waals surface area contributed by atoms with Crippen molar-refractivity contribution in [2.45, 2.75) is 0 Å². The second-order valence-electron chi connectivity index (χ2n) is 11.7. The number of nitriles is 1. The van der Waals surface area contributed by atoms with Gasteiger partial charge in [-0.25, -0.2) is 0 Å². The Morgan fingerprint density at radius 1 is 0.370 bits per heavy atom. The number of rotatable bonds is 4. The third kappa shape index (κ3) is 3.98. The first-order valence-electron chi connectivity index (χ1n) is 15.5. The monoisotopic (exact) mass is 585 g/mol. The molecule has 3 nitrogen and oxygen atoms in total. The van der Waals surface area contributed by atoms with Gasteiger partial charge in [0.25, 0.3) is 0 Å². The zero-order chi connectivity index (χ0) is 30.6. The Hall–Kier alpha value is -6.37. The van der Waals surface area contributed by atoms with Crippen LogP contribution in [0.1, 0.15) is 5.56 Å². The lowest BCUT2D eigenvalue weighted by Crippen LogP contribution is -1.97. The van der Waals surface area contributed by atoms with Crippen molar-refractivity contribution in [3.05, 3.63) is 169 Å². The van der Waals surface area contributed by atoms with E-state index < -0.39 is 0 Å². The zero-order valence-electron chi connectivity index (χ0n) is 24.9. The molecule has 0 aliphatic carbocycles. The summed E-state index contributed by atoms with van der Waals surface area (Å²) in [6.07, 6.45) is 0. The molecule has 9 aromatic rings.